The first-order valence-corrected chi connectivity index (χ1v) is 16.4. The van der Waals surface area contributed by atoms with E-state index in [0.717, 1.165) is 50.3 Å². The molecular weight excluding hydrogens is 506 g/mol. The summed E-state index contributed by atoms with van der Waals surface area (Å²) in [5, 5.41) is 11.5. The van der Waals surface area contributed by atoms with E-state index in [1.807, 2.05) is 0 Å². The molecule has 1 saturated heterocycles. The second-order valence-corrected chi connectivity index (χ2v) is 12.9. The number of aliphatic imine (C=N–C) groups is 2. The Kier molecular flexibility index (Phi) is 11.5. The van der Waals surface area contributed by atoms with Gasteiger partial charge in [-0.2, -0.15) is 0 Å². The van der Waals surface area contributed by atoms with Crippen molar-refractivity contribution < 1.29 is 9.84 Å². The van der Waals surface area contributed by atoms with Crippen LogP contribution in [-0.4, -0.2) is 54.4 Å². The van der Waals surface area contributed by atoms with E-state index in [1.54, 1.807) is 7.11 Å². The van der Waals surface area contributed by atoms with Crippen LogP contribution in [0.3, 0.4) is 0 Å². The highest BCUT2D eigenvalue weighted by Crippen LogP contribution is 2.40. The van der Waals surface area contributed by atoms with Crippen molar-refractivity contribution in [1.29, 1.82) is 0 Å². The van der Waals surface area contributed by atoms with Crippen LogP contribution in [0.4, 0.5) is 0 Å². The molecule has 1 N–H and O–H groups in total. The first kappa shape index (κ1) is 30.0. The number of piperidine rings is 1. The molecule has 4 atom stereocenters. The Bertz CT molecular complexity index is 1080. The predicted molar refractivity (Wildman–Crippen MR) is 168 cm³/mol. The lowest BCUT2D eigenvalue weighted by Gasteiger charge is -2.37. The summed E-state index contributed by atoms with van der Waals surface area (Å²) in [4.78, 5) is 12.2. The maximum absolute atomic E-state index is 11.5. The smallest absolute Gasteiger partial charge is 0.118 e. The Hall–Kier alpha value is -2.46. The zero-order chi connectivity index (χ0) is 28.3. The van der Waals surface area contributed by atoms with Crippen LogP contribution in [0, 0.1) is 11.8 Å². The molecule has 0 spiro atoms. The number of ether oxygens (including phenoxy) is 1. The van der Waals surface area contributed by atoms with E-state index >= 15 is 0 Å². The Morgan fingerprint density at radius 2 is 1.66 bits per heavy atom. The maximum atomic E-state index is 11.5. The van der Waals surface area contributed by atoms with Gasteiger partial charge in [0, 0.05) is 12.5 Å². The van der Waals surface area contributed by atoms with E-state index in [9.17, 15) is 5.11 Å². The third-order valence-electron chi connectivity index (χ3n) is 10.1. The molecule has 5 rings (SSSR count). The quantitative estimate of drug-likeness (QED) is 0.286. The van der Waals surface area contributed by atoms with E-state index in [0.29, 0.717) is 12.0 Å². The molecule has 2 aromatic carbocycles. The van der Waals surface area contributed by atoms with Gasteiger partial charge >= 0.3 is 0 Å². The highest BCUT2D eigenvalue weighted by molar-refractivity contribution is 5.42. The number of benzene rings is 2. The molecule has 5 nitrogen and oxygen atoms in total. The lowest BCUT2D eigenvalue weighted by molar-refractivity contribution is 0.0563. The van der Waals surface area contributed by atoms with Gasteiger partial charge < -0.3 is 9.84 Å². The third kappa shape index (κ3) is 9.01. The Balaban J connectivity index is 1.14. The van der Waals surface area contributed by atoms with Gasteiger partial charge in [-0.25, -0.2) is 9.98 Å². The monoisotopic (exact) mass is 557 g/mol. The zero-order valence-electron chi connectivity index (χ0n) is 25.2. The number of aliphatic hydroxyl groups is 1. The summed E-state index contributed by atoms with van der Waals surface area (Å²) in [6.07, 6.45) is 14.7. The summed E-state index contributed by atoms with van der Waals surface area (Å²) in [5.41, 5.74) is 2.76. The maximum Gasteiger partial charge on any atom is 0.118 e. The van der Waals surface area contributed by atoms with Crippen LogP contribution in [0.5, 0.6) is 5.75 Å². The second-order valence-electron chi connectivity index (χ2n) is 12.9. The predicted octanol–water partition coefficient (Wildman–Crippen LogP) is 7.90. The van der Waals surface area contributed by atoms with Crippen molar-refractivity contribution in [1.82, 2.24) is 4.90 Å². The van der Waals surface area contributed by atoms with E-state index in [-0.39, 0.29) is 18.1 Å². The average molecular weight is 558 g/mol. The first-order chi connectivity index (χ1) is 20.2. The van der Waals surface area contributed by atoms with Crippen molar-refractivity contribution >= 4 is 6.01 Å². The van der Waals surface area contributed by atoms with Crippen molar-refractivity contribution in [2.24, 2.45) is 21.8 Å². The molecule has 0 amide bonds. The average Bonchev–Trinajstić information content (AvgIpc) is 3.03. The van der Waals surface area contributed by atoms with Gasteiger partial charge in [-0.3, -0.25) is 4.90 Å². The number of aliphatic hydroxyl groups excluding tert-OH is 1. The molecule has 1 heterocycles. The molecule has 3 aliphatic rings. The lowest BCUT2D eigenvalue weighted by atomic mass is 9.72. The summed E-state index contributed by atoms with van der Waals surface area (Å²) < 4.78 is 5.38. The van der Waals surface area contributed by atoms with Crippen LogP contribution in [-0.2, 0) is 6.54 Å². The minimum Gasteiger partial charge on any atom is -0.497 e. The number of hydrogen-bond donors (Lipinski definition) is 1. The molecule has 5 heteroatoms. The fourth-order valence-corrected chi connectivity index (χ4v) is 7.45. The molecule has 2 aliphatic carbocycles. The van der Waals surface area contributed by atoms with Crippen molar-refractivity contribution in [3.05, 3.63) is 65.7 Å². The SMILES string of the molecule is COc1ccc(C2CCC(N=C=NC3CCCCC3)C(C(O)CCCC3CCN(Cc4ccccc4)CC3)C2)cc1. The first-order valence-electron chi connectivity index (χ1n) is 16.4. The van der Waals surface area contributed by atoms with Gasteiger partial charge in [-0.15, -0.1) is 0 Å². The topological polar surface area (TPSA) is 57.4 Å². The number of methoxy groups -OCH3 is 1. The van der Waals surface area contributed by atoms with Gasteiger partial charge in [0.2, 0.25) is 0 Å². The molecule has 0 bridgehead atoms. The van der Waals surface area contributed by atoms with Crippen molar-refractivity contribution in [2.75, 3.05) is 20.2 Å². The summed E-state index contributed by atoms with van der Waals surface area (Å²) in [5.74, 6) is 2.30. The van der Waals surface area contributed by atoms with E-state index in [1.165, 1.54) is 75.6 Å². The second kappa shape index (κ2) is 15.7. The molecule has 2 aromatic rings. The standard InChI is InChI=1S/C36H51N3O2/c1-41-33-18-15-30(16-19-33)31-17-20-35(38-27-37-32-12-6-3-7-13-32)34(25-31)36(40)14-8-11-28-21-23-39(24-22-28)26-29-9-4-2-5-10-29/h2,4-5,9-10,15-16,18-19,28,31-32,34-36,40H,3,6-8,11-14,17,20-26H2,1H3. The van der Waals surface area contributed by atoms with Gasteiger partial charge in [0.1, 0.15) is 5.75 Å². The molecular formula is C36H51N3O2. The van der Waals surface area contributed by atoms with Crippen LogP contribution >= 0.6 is 0 Å². The number of nitrogens with zero attached hydrogens (tertiary/aromatic N) is 3. The fraction of sp³-hybridized carbons (Fsp3) is 0.639. The lowest BCUT2D eigenvalue weighted by Crippen LogP contribution is -2.36. The Morgan fingerprint density at radius 3 is 2.39 bits per heavy atom. The van der Waals surface area contributed by atoms with E-state index in [2.05, 4.69) is 65.5 Å². The molecule has 2 saturated carbocycles. The van der Waals surface area contributed by atoms with Gasteiger partial charge in [-0.1, -0.05) is 74.6 Å². The van der Waals surface area contributed by atoms with Crippen molar-refractivity contribution in [3.63, 3.8) is 0 Å². The van der Waals surface area contributed by atoms with Crippen LogP contribution in [0.2, 0.25) is 0 Å². The number of hydrogen-bond acceptors (Lipinski definition) is 5. The highest BCUT2D eigenvalue weighted by atomic mass is 16.5. The Labute approximate surface area is 248 Å². The van der Waals surface area contributed by atoms with Crippen LogP contribution in [0.25, 0.3) is 0 Å². The van der Waals surface area contributed by atoms with Crippen molar-refractivity contribution in [3.8, 4) is 5.75 Å². The van der Waals surface area contributed by atoms with Gasteiger partial charge in [0.25, 0.3) is 0 Å². The summed E-state index contributed by atoms with van der Waals surface area (Å²) in [6.45, 7) is 3.44. The third-order valence-corrected chi connectivity index (χ3v) is 10.1. The van der Waals surface area contributed by atoms with Crippen LogP contribution in [0.15, 0.2) is 64.6 Å². The van der Waals surface area contributed by atoms with Gasteiger partial charge in [0.05, 0.1) is 31.3 Å². The molecule has 0 aromatic heterocycles. The highest BCUT2D eigenvalue weighted by Gasteiger charge is 2.35. The van der Waals surface area contributed by atoms with Gasteiger partial charge in [-0.05, 0) is 99.6 Å². The molecule has 41 heavy (non-hydrogen) atoms. The molecule has 0 radical (unpaired) electrons. The summed E-state index contributed by atoms with van der Waals surface area (Å²) in [7, 11) is 1.72. The zero-order valence-corrected chi connectivity index (χ0v) is 25.2. The van der Waals surface area contributed by atoms with Crippen LogP contribution in [0.1, 0.15) is 101 Å². The summed E-state index contributed by atoms with van der Waals surface area (Å²) >= 11 is 0. The molecule has 4 unspecified atom stereocenters. The normalized spacial score (nSPS) is 25.3. The van der Waals surface area contributed by atoms with Crippen LogP contribution < -0.4 is 4.74 Å². The number of rotatable bonds is 11. The molecule has 222 valence electrons. The fourth-order valence-electron chi connectivity index (χ4n) is 7.45. The van der Waals surface area contributed by atoms with E-state index < -0.39 is 0 Å². The molecule has 3 fully saturated rings. The van der Waals surface area contributed by atoms with Crippen molar-refractivity contribution in [2.45, 2.75) is 114 Å². The minimum atomic E-state index is -0.320. The van der Waals surface area contributed by atoms with E-state index in [4.69, 9.17) is 14.7 Å². The minimum absolute atomic E-state index is 0.119. The van der Waals surface area contributed by atoms with Gasteiger partial charge in [0.15, 0.2) is 0 Å². The largest absolute Gasteiger partial charge is 0.497 e. The summed E-state index contributed by atoms with van der Waals surface area (Å²) in [6, 6.07) is 23.0. The Morgan fingerprint density at radius 1 is 0.902 bits per heavy atom. The molecule has 1 aliphatic heterocycles. The number of likely N-dealkylation sites (tertiary alicyclic amines) is 1.